The zero-order valence-electron chi connectivity index (χ0n) is 19.7. The first-order valence-corrected chi connectivity index (χ1v) is 13.2. The molecule has 5 rings (SSSR count). The maximum atomic E-state index is 12.8. The van der Waals surface area contributed by atoms with Gasteiger partial charge < -0.3 is 14.6 Å². The van der Waals surface area contributed by atoms with Gasteiger partial charge in [-0.3, -0.25) is 0 Å². The molecular weight excluding hydrogens is 384 g/mol. The van der Waals surface area contributed by atoms with E-state index < -0.39 is 0 Å². The van der Waals surface area contributed by atoms with Gasteiger partial charge in [0.15, 0.2) is 0 Å². The number of carbonyl (C=O) groups is 1. The second kappa shape index (κ2) is 8.36. The van der Waals surface area contributed by atoms with Crippen molar-refractivity contribution < 1.29 is 14.6 Å². The largest absolute Gasteiger partial charge is 0.498 e. The smallest absolute Gasteiger partial charge is 0.130 e. The van der Waals surface area contributed by atoms with E-state index in [0.717, 1.165) is 64.4 Å². The third kappa shape index (κ3) is 3.36. The van der Waals surface area contributed by atoms with Crippen molar-refractivity contribution in [2.75, 3.05) is 6.61 Å². The second-order valence-electron chi connectivity index (χ2n) is 11.7. The third-order valence-electron chi connectivity index (χ3n) is 10.5. The highest BCUT2D eigenvalue weighted by Gasteiger charge is 2.63. The molecule has 0 saturated heterocycles. The highest BCUT2D eigenvalue weighted by Crippen LogP contribution is 2.67. The Hall–Kier alpha value is -1.09. The maximum Gasteiger partial charge on any atom is 0.130 e. The molecule has 0 aromatic rings. The SMILES string of the molecule is CC1CCC=C2CC(COC3=CCCCCC3)[C@H]3[C@@H]4CC[C@H](O)[C@@]4(C)CC[C@@H]3[C@]21C=O. The van der Waals surface area contributed by atoms with Gasteiger partial charge in [-0.05, 0) is 99.4 Å². The molecule has 5 aliphatic rings. The quantitative estimate of drug-likeness (QED) is 0.429. The molecule has 3 fully saturated rings. The van der Waals surface area contributed by atoms with Crippen LogP contribution >= 0.6 is 0 Å². The first-order valence-electron chi connectivity index (χ1n) is 13.2. The summed E-state index contributed by atoms with van der Waals surface area (Å²) in [5, 5.41) is 10.9. The monoisotopic (exact) mass is 426 g/mol. The number of carbonyl (C=O) groups excluding carboxylic acids is 1. The fraction of sp³-hybridized carbons (Fsp3) is 0.821. The van der Waals surface area contributed by atoms with Crippen LogP contribution in [0.1, 0.15) is 90.9 Å². The van der Waals surface area contributed by atoms with Crippen LogP contribution in [0.2, 0.25) is 0 Å². The molecule has 0 aromatic heterocycles. The molecular formula is C28H42O3. The van der Waals surface area contributed by atoms with Crippen molar-refractivity contribution in [2.45, 2.75) is 97.0 Å². The predicted octanol–water partition coefficient (Wildman–Crippen LogP) is 6.22. The normalized spacial score (nSPS) is 47.2. The minimum absolute atomic E-state index is 0.0181. The van der Waals surface area contributed by atoms with E-state index in [2.05, 4.69) is 26.0 Å². The van der Waals surface area contributed by atoms with Crippen LogP contribution < -0.4 is 0 Å². The second-order valence-corrected chi connectivity index (χ2v) is 11.7. The molecule has 2 unspecified atom stereocenters. The summed E-state index contributed by atoms with van der Waals surface area (Å²) >= 11 is 0. The Morgan fingerprint density at radius 2 is 1.97 bits per heavy atom. The molecule has 8 atom stereocenters. The van der Waals surface area contributed by atoms with Crippen molar-refractivity contribution in [3.8, 4) is 0 Å². The van der Waals surface area contributed by atoms with Crippen LogP contribution in [-0.4, -0.2) is 24.1 Å². The van der Waals surface area contributed by atoms with Gasteiger partial charge in [-0.25, -0.2) is 0 Å². The summed E-state index contributed by atoms with van der Waals surface area (Å²) in [6.45, 7) is 5.44. The van der Waals surface area contributed by atoms with Gasteiger partial charge >= 0.3 is 0 Å². The van der Waals surface area contributed by atoms with E-state index in [1.54, 1.807) is 0 Å². The number of allylic oxidation sites excluding steroid dienone is 4. The zero-order valence-corrected chi connectivity index (χ0v) is 19.7. The van der Waals surface area contributed by atoms with Crippen molar-refractivity contribution in [2.24, 2.45) is 40.4 Å². The molecule has 0 radical (unpaired) electrons. The van der Waals surface area contributed by atoms with Crippen LogP contribution in [0.15, 0.2) is 23.5 Å². The molecule has 5 aliphatic carbocycles. The Balaban J connectivity index is 1.48. The number of hydrogen-bond donors (Lipinski definition) is 1. The Kier molecular flexibility index (Phi) is 5.86. The van der Waals surface area contributed by atoms with Gasteiger partial charge in [-0.2, -0.15) is 0 Å². The van der Waals surface area contributed by atoms with Crippen LogP contribution in [0.3, 0.4) is 0 Å². The number of hydrogen-bond acceptors (Lipinski definition) is 3. The van der Waals surface area contributed by atoms with Gasteiger partial charge in [-0.1, -0.05) is 31.9 Å². The minimum Gasteiger partial charge on any atom is -0.498 e. The molecule has 0 amide bonds. The standard InChI is InChI=1S/C28H42O3/c1-19-8-7-9-21-16-20(17-31-22-10-5-3-4-6-11-22)26-23-12-13-25(30)27(23,2)15-14-24(26)28(19,21)18-29/h9-10,18-20,23-26,30H,3-8,11-17H2,1-2H3/t19?,20?,23-,24-,25-,26-,27-,28-/m0/s1. The Morgan fingerprint density at radius 3 is 2.81 bits per heavy atom. The molecule has 3 heteroatoms. The molecule has 1 N–H and O–H groups in total. The van der Waals surface area contributed by atoms with E-state index in [-0.39, 0.29) is 16.9 Å². The summed E-state index contributed by atoms with van der Waals surface area (Å²) in [7, 11) is 0. The predicted molar refractivity (Wildman–Crippen MR) is 123 cm³/mol. The lowest BCUT2D eigenvalue weighted by atomic mass is 9.43. The van der Waals surface area contributed by atoms with Gasteiger partial charge in [0.2, 0.25) is 0 Å². The van der Waals surface area contributed by atoms with Gasteiger partial charge in [0.25, 0.3) is 0 Å². The molecule has 31 heavy (non-hydrogen) atoms. The molecule has 0 spiro atoms. The van der Waals surface area contributed by atoms with Crippen molar-refractivity contribution >= 4 is 6.29 Å². The van der Waals surface area contributed by atoms with Gasteiger partial charge in [-0.15, -0.1) is 0 Å². The molecule has 172 valence electrons. The van der Waals surface area contributed by atoms with Crippen LogP contribution in [0.5, 0.6) is 0 Å². The lowest BCUT2D eigenvalue weighted by Crippen LogP contribution is -2.58. The molecule has 3 saturated carbocycles. The highest BCUT2D eigenvalue weighted by molar-refractivity contribution is 5.68. The van der Waals surface area contributed by atoms with E-state index in [1.807, 2.05) is 0 Å². The fourth-order valence-corrected chi connectivity index (χ4v) is 8.68. The number of aldehydes is 1. The van der Waals surface area contributed by atoms with Crippen molar-refractivity contribution in [1.82, 2.24) is 0 Å². The van der Waals surface area contributed by atoms with E-state index in [4.69, 9.17) is 4.74 Å². The molecule has 3 nitrogen and oxygen atoms in total. The van der Waals surface area contributed by atoms with Crippen LogP contribution in [-0.2, 0) is 9.53 Å². The van der Waals surface area contributed by atoms with E-state index in [0.29, 0.717) is 29.6 Å². The Labute approximate surface area is 188 Å². The molecule has 0 heterocycles. The Morgan fingerprint density at radius 1 is 1.10 bits per heavy atom. The van der Waals surface area contributed by atoms with Crippen LogP contribution in [0.25, 0.3) is 0 Å². The van der Waals surface area contributed by atoms with Crippen molar-refractivity contribution in [3.05, 3.63) is 23.5 Å². The number of aliphatic hydroxyl groups is 1. The van der Waals surface area contributed by atoms with Gasteiger partial charge in [0.1, 0.15) is 6.29 Å². The highest BCUT2D eigenvalue weighted by atomic mass is 16.5. The number of ether oxygens (including phenoxy) is 1. The van der Waals surface area contributed by atoms with Crippen molar-refractivity contribution in [1.29, 1.82) is 0 Å². The maximum absolute atomic E-state index is 12.8. The Bertz CT molecular complexity index is 753. The molecule has 0 bridgehead atoms. The summed E-state index contributed by atoms with van der Waals surface area (Å²) in [6.07, 6.45) is 19.4. The lowest BCUT2D eigenvalue weighted by Gasteiger charge is -2.61. The summed E-state index contributed by atoms with van der Waals surface area (Å²) in [4.78, 5) is 12.8. The summed E-state index contributed by atoms with van der Waals surface area (Å²) in [5.41, 5.74) is 1.17. The van der Waals surface area contributed by atoms with Gasteiger partial charge in [0, 0.05) is 12.3 Å². The van der Waals surface area contributed by atoms with Gasteiger partial charge in [0.05, 0.1) is 23.9 Å². The average molecular weight is 427 g/mol. The zero-order chi connectivity index (χ0) is 21.6. The van der Waals surface area contributed by atoms with E-state index in [9.17, 15) is 9.90 Å². The van der Waals surface area contributed by atoms with Crippen molar-refractivity contribution in [3.63, 3.8) is 0 Å². The molecule has 0 aromatic carbocycles. The van der Waals surface area contributed by atoms with Crippen LogP contribution in [0.4, 0.5) is 0 Å². The van der Waals surface area contributed by atoms with E-state index >= 15 is 0 Å². The number of aliphatic hydroxyl groups excluding tert-OH is 1. The first kappa shape index (κ1) is 21.7. The topological polar surface area (TPSA) is 46.5 Å². The summed E-state index contributed by atoms with van der Waals surface area (Å²) < 4.78 is 6.52. The summed E-state index contributed by atoms with van der Waals surface area (Å²) in [5.74, 6) is 3.53. The summed E-state index contributed by atoms with van der Waals surface area (Å²) in [6, 6.07) is 0. The average Bonchev–Trinajstić information content (AvgIpc) is 2.94. The minimum atomic E-state index is -0.268. The lowest BCUT2D eigenvalue weighted by molar-refractivity contribution is -0.142. The fourth-order valence-electron chi connectivity index (χ4n) is 8.68. The van der Waals surface area contributed by atoms with Crippen LogP contribution in [0, 0.1) is 40.4 Å². The van der Waals surface area contributed by atoms with E-state index in [1.165, 1.54) is 36.9 Å². The molecule has 0 aliphatic heterocycles. The third-order valence-corrected chi connectivity index (χ3v) is 10.5. The first-order chi connectivity index (χ1) is 15.0. The number of fused-ring (bicyclic) bond motifs is 5. The number of rotatable bonds is 4.